The van der Waals surface area contributed by atoms with Crippen molar-refractivity contribution in [3.05, 3.63) is 34.2 Å². The fourth-order valence-electron chi connectivity index (χ4n) is 6.19. The van der Waals surface area contributed by atoms with Crippen LogP contribution in [0.5, 0.6) is 0 Å². The molecule has 0 spiro atoms. The Bertz CT molecular complexity index is 1100. The van der Waals surface area contributed by atoms with Gasteiger partial charge in [0.2, 0.25) is 11.8 Å². The number of rotatable bonds is 4. The molecule has 2 amide bonds. The number of aryl methyl sites for hydroxylation is 1. The predicted octanol–water partition coefficient (Wildman–Crippen LogP) is 2.01. The molecule has 0 bridgehead atoms. The molecule has 1 saturated carbocycles. The summed E-state index contributed by atoms with van der Waals surface area (Å²) in [6.45, 7) is 3.32. The van der Waals surface area contributed by atoms with Crippen LogP contribution in [0.4, 0.5) is 0 Å². The van der Waals surface area contributed by atoms with E-state index < -0.39 is 6.04 Å². The molecular formula is C25H35N5O3. The van der Waals surface area contributed by atoms with Crippen molar-refractivity contribution < 1.29 is 9.59 Å². The van der Waals surface area contributed by atoms with E-state index in [9.17, 15) is 14.4 Å². The zero-order valence-electron chi connectivity index (χ0n) is 19.5. The Morgan fingerprint density at radius 1 is 1.00 bits per heavy atom. The number of fused-ring (bicyclic) bond motifs is 1. The molecule has 3 heterocycles. The summed E-state index contributed by atoms with van der Waals surface area (Å²) < 4.78 is 3.27. The van der Waals surface area contributed by atoms with Crippen LogP contribution in [0.1, 0.15) is 68.9 Å². The molecular weight excluding hydrogens is 418 g/mol. The van der Waals surface area contributed by atoms with Gasteiger partial charge >= 0.3 is 5.69 Å². The zero-order chi connectivity index (χ0) is 23.1. The number of piperidine rings is 2. The number of nitrogens with two attached hydrogens (primary N) is 1. The van der Waals surface area contributed by atoms with E-state index >= 15 is 0 Å². The summed E-state index contributed by atoms with van der Waals surface area (Å²) in [6, 6.07) is 5.81. The summed E-state index contributed by atoms with van der Waals surface area (Å²) in [7, 11) is 1.79. The highest BCUT2D eigenvalue weighted by molar-refractivity contribution is 6.00. The van der Waals surface area contributed by atoms with E-state index in [0.29, 0.717) is 18.4 Å². The molecule has 3 N–H and O–H groups in total. The van der Waals surface area contributed by atoms with Crippen molar-refractivity contribution >= 4 is 22.8 Å². The average Bonchev–Trinajstić information content (AvgIpc) is 3.06. The molecule has 3 aliphatic rings. The summed E-state index contributed by atoms with van der Waals surface area (Å²) in [5.74, 6) is 0.511. The third kappa shape index (κ3) is 4.26. The predicted molar refractivity (Wildman–Crippen MR) is 127 cm³/mol. The van der Waals surface area contributed by atoms with Crippen LogP contribution in [0.3, 0.4) is 0 Å². The number of nitrogens with zero attached hydrogens (tertiary/aromatic N) is 3. The Hall–Kier alpha value is -2.45. The fraction of sp³-hybridized carbons (Fsp3) is 0.640. The van der Waals surface area contributed by atoms with Gasteiger partial charge in [-0.25, -0.2) is 4.79 Å². The molecule has 5 rings (SSSR count). The van der Waals surface area contributed by atoms with Crippen LogP contribution in [0.2, 0.25) is 0 Å². The largest absolute Gasteiger partial charge is 0.329 e. The number of imidazole rings is 1. The van der Waals surface area contributed by atoms with Gasteiger partial charge in [-0.1, -0.05) is 12.1 Å². The highest BCUT2D eigenvalue weighted by atomic mass is 16.2. The van der Waals surface area contributed by atoms with E-state index in [-0.39, 0.29) is 23.9 Å². The van der Waals surface area contributed by atoms with E-state index in [1.54, 1.807) is 16.2 Å². The second kappa shape index (κ2) is 9.06. The topological polar surface area (TPSA) is 102 Å². The van der Waals surface area contributed by atoms with Crippen molar-refractivity contribution in [3.63, 3.8) is 0 Å². The smallest absolute Gasteiger partial charge is 0.328 e. The van der Waals surface area contributed by atoms with Gasteiger partial charge < -0.3 is 10.6 Å². The van der Waals surface area contributed by atoms with Gasteiger partial charge in [0.15, 0.2) is 0 Å². The normalized spacial score (nSPS) is 27.8. The molecule has 8 heteroatoms. The standard InChI is InChI=1S/C25H35N5O3/c1-28-23-19(17-11-13-29(14-12-17)15-16-5-7-18(26)8-6-16)3-2-4-20(23)30(25(28)33)21-9-10-22(31)27-24(21)32/h2-4,16-18,21H,5-15,26H2,1H3,(H,27,31,32). The number of aromatic nitrogens is 2. The molecule has 33 heavy (non-hydrogen) atoms. The van der Waals surface area contributed by atoms with Crippen LogP contribution in [0.15, 0.2) is 23.0 Å². The van der Waals surface area contributed by atoms with Crippen LogP contribution in [0, 0.1) is 5.92 Å². The lowest BCUT2D eigenvalue weighted by molar-refractivity contribution is -0.135. The quantitative estimate of drug-likeness (QED) is 0.690. The number of benzene rings is 1. The number of hydrogen-bond donors (Lipinski definition) is 2. The van der Waals surface area contributed by atoms with Gasteiger partial charge in [-0.05, 0) is 81.5 Å². The molecule has 0 radical (unpaired) electrons. The van der Waals surface area contributed by atoms with E-state index in [0.717, 1.165) is 55.7 Å². The molecule has 1 aromatic carbocycles. The Morgan fingerprint density at radius 2 is 1.73 bits per heavy atom. The monoisotopic (exact) mass is 453 g/mol. The Labute approximate surface area is 194 Å². The lowest BCUT2D eigenvalue weighted by atomic mass is 9.84. The van der Waals surface area contributed by atoms with E-state index in [1.165, 1.54) is 24.9 Å². The van der Waals surface area contributed by atoms with Gasteiger partial charge in [0.05, 0.1) is 11.0 Å². The van der Waals surface area contributed by atoms with Gasteiger partial charge in [0.1, 0.15) is 6.04 Å². The number of para-hydroxylation sites is 1. The second-order valence-electron chi connectivity index (χ2n) is 10.2. The van der Waals surface area contributed by atoms with Crippen LogP contribution >= 0.6 is 0 Å². The molecule has 1 atom stereocenters. The first-order valence-electron chi connectivity index (χ1n) is 12.4. The zero-order valence-corrected chi connectivity index (χ0v) is 19.5. The van der Waals surface area contributed by atoms with Crippen molar-refractivity contribution in [2.45, 2.75) is 69.4 Å². The lowest BCUT2D eigenvalue weighted by Crippen LogP contribution is -2.44. The van der Waals surface area contributed by atoms with Gasteiger partial charge in [-0.2, -0.15) is 0 Å². The highest BCUT2D eigenvalue weighted by Crippen LogP contribution is 2.35. The minimum Gasteiger partial charge on any atom is -0.328 e. The van der Waals surface area contributed by atoms with Crippen molar-refractivity contribution in [1.82, 2.24) is 19.4 Å². The van der Waals surface area contributed by atoms with Gasteiger partial charge in [0, 0.05) is 26.1 Å². The number of amides is 2. The first-order chi connectivity index (χ1) is 15.9. The first-order valence-corrected chi connectivity index (χ1v) is 12.4. The van der Waals surface area contributed by atoms with Crippen molar-refractivity contribution in [2.75, 3.05) is 19.6 Å². The molecule has 178 valence electrons. The Morgan fingerprint density at radius 3 is 2.42 bits per heavy atom. The number of carbonyl (C=O) groups excluding carboxylic acids is 2. The lowest BCUT2D eigenvalue weighted by Gasteiger charge is -2.36. The molecule has 2 aliphatic heterocycles. The summed E-state index contributed by atoms with van der Waals surface area (Å²) in [5, 5.41) is 2.39. The maximum atomic E-state index is 13.2. The van der Waals surface area contributed by atoms with Gasteiger partial charge in [-0.3, -0.25) is 24.0 Å². The van der Waals surface area contributed by atoms with E-state index in [2.05, 4.69) is 16.3 Å². The van der Waals surface area contributed by atoms with Crippen molar-refractivity contribution in [3.8, 4) is 0 Å². The number of nitrogens with one attached hydrogen (secondary N) is 1. The van der Waals surface area contributed by atoms with Crippen LogP contribution < -0.4 is 16.7 Å². The number of carbonyl (C=O) groups is 2. The Balaban J connectivity index is 1.35. The molecule has 1 aliphatic carbocycles. The molecule has 3 fully saturated rings. The minimum atomic E-state index is -0.639. The summed E-state index contributed by atoms with van der Waals surface area (Å²) in [5.41, 5.74) is 8.78. The first kappa shape index (κ1) is 22.3. The maximum absolute atomic E-state index is 13.2. The number of imide groups is 1. The van der Waals surface area contributed by atoms with Crippen molar-refractivity contribution in [2.24, 2.45) is 18.7 Å². The van der Waals surface area contributed by atoms with Crippen LogP contribution in [-0.4, -0.2) is 51.5 Å². The summed E-state index contributed by atoms with van der Waals surface area (Å²) >= 11 is 0. The second-order valence-corrected chi connectivity index (χ2v) is 10.2. The minimum absolute atomic E-state index is 0.195. The van der Waals surface area contributed by atoms with Gasteiger partial charge in [-0.15, -0.1) is 0 Å². The summed E-state index contributed by atoms with van der Waals surface area (Å²) in [6.07, 6.45) is 7.56. The third-order valence-electron chi connectivity index (χ3n) is 8.09. The maximum Gasteiger partial charge on any atom is 0.329 e. The average molecular weight is 454 g/mol. The van der Waals surface area contributed by atoms with E-state index in [4.69, 9.17) is 5.73 Å². The molecule has 2 aromatic rings. The molecule has 1 aromatic heterocycles. The van der Waals surface area contributed by atoms with Crippen LogP contribution in [0.25, 0.3) is 11.0 Å². The number of likely N-dealkylation sites (tertiary alicyclic amines) is 1. The van der Waals surface area contributed by atoms with Crippen molar-refractivity contribution in [1.29, 1.82) is 0 Å². The molecule has 2 saturated heterocycles. The third-order valence-corrected chi connectivity index (χ3v) is 8.09. The SMILES string of the molecule is Cn1c(=O)n(C2CCC(=O)NC2=O)c2cccc(C3CCN(CC4CCC(N)CC4)CC3)c21. The molecule has 8 nitrogen and oxygen atoms in total. The highest BCUT2D eigenvalue weighted by Gasteiger charge is 2.33. The summed E-state index contributed by atoms with van der Waals surface area (Å²) in [4.78, 5) is 39.9. The molecule has 1 unspecified atom stereocenters. The van der Waals surface area contributed by atoms with E-state index in [1.807, 2.05) is 12.1 Å². The van der Waals surface area contributed by atoms with Gasteiger partial charge in [0.25, 0.3) is 0 Å². The Kier molecular flexibility index (Phi) is 6.14. The fourth-order valence-corrected chi connectivity index (χ4v) is 6.19. The van der Waals surface area contributed by atoms with Crippen LogP contribution in [-0.2, 0) is 16.6 Å². The number of hydrogen-bond acceptors (Lipinski definition) is 5.